The Bertz CT molecular complexity index is 746. The van der Waals surface area contributed by atoms with Crippen LogP contribution in [0.15, 0.2) is 45.5 Å². The molecule has 1 heterocycles. The third-order valence-corrected chi connectivity index (χ3v) is 3.53. The summed E-state index contributed by atoms with van der Waals surface area (Å²) in [6.45, 7) is 0.0681. The topological polar surface area (TPSA) is 110 Å². The van der Waals surface area contributed by atoms with Crippen molar-refractivity contribution >= 4 is 33.7 Å². The van der Waals surface area contributed by atoms with E-state index in [9.17, 15) is 14.4 Å². The van der Waals surface area contributed by atoms with E-state index in [2.05, 4.69) is 26.7 Å². The van der Waals surface area contributed by atoms with Crippen molar-refractivity contribution in [3.8, 4) is 5.75 Å². The molecule has 24 heavy (non-hydrogen) atoms. The van der Waals surface area contributed by atoms with E-state index in [1.54, 1.807) is 18.2 Å². The first kappa shape index (κ1) is 17.5. The maximum atomic E-state index is 11.9. The van der Waals surface area contributed by atoms with Gasteiger partial charge in [0.15, 0.2) is 0 Å². The van der Waals surface area contributed by atoms with Crippen LogP contribution in [0.5, 0.6) is 5.75 Å². The van der Waals surface area contributed by atoms with Gasteiger partial charge in [0.05, 0.1) is 24.4 Å². The molecule has 0 fully saturated rings. The number of carbonyl (C=O) groups is 3. The monoisotopic (exact) mass is 395 g/mol. The molecule has 0 bridgehead atoms. The predicted octanol–water partition coefficient (Wildman–Crippen LogP) is 1.13. The van der Waals surface area contributed by atoms with Crippen molar-refractivity contribution in [3.63, 3.8) is 0 Å². The van der Waals surface area contributed by atoms with Crippen molar-refractivity contribution in [1.82, 2.24) is 16.2 Å². The average Bonchev–Trinajstić information content (AvgIpc) is 3.10. The van der Waals surface area contributed by atoms with Gasteiger partial charge in [-0.1, -0.05) is 0 Å². The van der Waals surface area contributed by atoms with Crippen LogP contribution in [-0.2, 0) is 16.1 Å². The van der Waals surface area contributed by atoms with E-state index in [0.29, 0.717) is 16.0 Å². The van der Waals surface area contributed by atoms with Crippen molar-refractivity contribution in [1.29, 1.82) is 0 Å². The van der Waals surface area contributed by atoms with Gasteiger partial charge >= 0.3 is 11.8 Å². The maximum Gasteiger partial charge on any atom is 0.327 e. The Hall–Kier alpha value is -2.81. The van der Waals surface area contributed by atoms with Crippen LogP contribution >= 0.6 is 15.9 Å². The lowest BCUT2D eigenvalue weighted by Gasteiger charge is -2.09. The molecular weight excluding hydrogens is 382 g/mol. The number of rotatable bonds is 4. The van der Waals surface area contributed by atoms with E-state index in [1.807, 2.05) is 5.43 Å². The van der Waals surface area contributed by atoms with Crippen molar-refractivity contribution in [2.75, 3.05) is 7.11 Å². The van der Waals surface area contributed by atoms with Crippen LogP contribution in [0.4, 0.5) is 0 Å². The molecule has 1 aromatic heterocycles. The van der Waals surface area contributed by atoms with E-state index >= 15 is 0 Å². The van der Waals surface area contributed by atoms with Gasteiger partial charge in [-0.25, -0.2) is 0 Å². The van der Waals surface area contributed by atoms with E-state index < -0.39 is 17.7 Å². The molecule has 0 radical (unpaired) electrons. The number of benzene rings is 1. The molecule has 0 aliphatic heterocycles. The Morgan fingerprint density at radius 1 is 1.17 bits per heavy atom. The van der Waals surface area contributed by atoms with Crippen molar-refractivity contribution in [2.45, 2.75) is 6.54 Å². The minimum absolute atomic E-state index is 0.0681. The van der Waals surface area contributed by atoms with Gasteiger partial charge in [0.25, 0.3) is 5.91 Å². The minimum atomic E-state index is -0.998. The zero-order valence-electron chi connectivity index (χ0n) is 12.6. The van der Waals surface area contributed by atoms with E-state index in [-0.39, 0.29) is 12.1 Å². The number of furan rings is 1. The van der Waals surface area contributed by atoms with Gasteiger partial charge in [-0.05, 0) is 46.3 Å². The molecule has 0 saturated carbocycles. The lowest BCUT2D eigenvalue weighted by Crippen LogP contribution is -2.48. The minimum Gasteiger partial charge on any atom is -0.496 e. The molecule has 126 valence electrons. The number of carbonyl (C=O) groups excluding carboxylic acids is 3. The normalized spacial score (nSPS) is 9.92. The molecule has 0 spiro atoms. The fourth-order valence-electron chi connectivity index (χ4n) is 1.71. The first-order valence-electron chi connectivity index (χ1n) is 6.75. The Morgan fingerprint density at radius 2 is 1.96 bits per heavy atom. The van der Waals surface area contributed by atoms with Gasteiger partial charge in [0.1, 0.15) is 11.5 Å². The van der Waals surface area contributed by atoms with Gasteiger partial charge < -0.3 is 14.5 Å². The molecule has 2 rings (SSSR count). The van der Waals surface area contributed by atoms with Crippen LogP contribution in [-0.4, -0.2) is 24.8 Å². The molecule has 3 amide bonds. The standard InChI is InChI=1S/C15H14BrN3O5/c1-23-12-5-4-9(7-11(12)16)13(20)18-19-15(22)14(21)17-8-10-3-2-6-24-10/h2-7H,8H2,1H3,(H,17,21)(H,18,20)(H,19,22). The number of amides is 3. The number of ether oxygens (including phenoxy) is 1. The second kappa shape index (κ2) is 8.16. The van der Waals surface area contributed by atoms with Gasteiger partial charge in [0.2, 0.25) is 0 Å². The molecule has 3 N–H and O–H groups in total. The molecule has 8 nitrogen and oxygen atoms in total. The number of nitrogens with one attached hydrogen (secondary N) is 3. The summed E-state index contributed by atoms with van der Waals surface area (Å²) in [5.74, 6) is -1.41. The Labute approximate surface area is 145 Å². The fraction of sp³-hybridized carbons (Fsp3) is 0.133. The molecule has 0 aliphatic carbocycles. The summed E-state index contributed by atoms with van der Waals surface area (Å²) in [6.07, 6.45) is 1.45. The highest BCUT2D eigenvalue weighted by molar-refractivity contribution is 9.10. The summed E-state index contributed by atoms with van der Waals surface area (Å²) in [6, 6.07) is 7.95. The second-order valence-corrected chi connectivity index (χ2v) is 5.37. The summed E-state index contributed by atoms with van der Waals surface area (Å²) >= 11 is 3.25. The van der Waals surface area contributed by atoms with E-state index in [4.69, 9.17) is 9.15 Å². The van der Waals surface area contributed by atoms with Crippen LogP contribution < -0.4 is 20.9 Å². The Balaban J connectivity index is 1.83. The van der Waals surface area contributed by atoms with Crippen LogP contribution in [0.3, 0.4) is 0 Å². The highest BCUT2D eigenvalue weighted by atomic mass is 79.9. The number of hydrazine groups is 1. The van der Waals surface area contributed by atoms with E-state index in [1.165, 1.54) is 25.5 Å². The Kier molecular flexibility index (Phi) is 5.96. The smallest absolute Gasteiger partial charge is 0.327 e. The Morgan fingerprint density at radius 3 is 2.58 bits per heavy atom. The first-order valence-corrected chi connectivity index (χ1v) is 7.55. The molecule has 1 aromatic carbocycles. The molecule has 0 aliphatic rings. The van der Waals surface area contributed by atoms with Gasteiger partial charge in [0, 0.05) is 5.56 Å². The second-order valence-electron chi connectivity index (χ2n) is 4.52. The third-order valence-electron chi connectivity index (χ3n) is 2.91. The van der Waals surface area contributed by atoms with Crippen molar-refractivity contribution < 1.29 is 23.5 Å². The fourth-order valence-corrected chi connectivity index (χ4v) is 2.25. The molecule has 0 atom stereocenters. The van der Waals surface area contributed by atoms with Crippen molar-refractivity contribution in [2.24, 2.45) is 0 Å². The molecular formula is C15H14BrN3O5. The summed E-state index contributed by atoms with van der Waals surface area (Å²) in [5, 5.41) is 2.35. The maximum absolute atomic E-state index is 11.9. The summed E-state index contributed by atoms with van der Waals surface area (Å²) in [7, 11) is 1.50. The van der Waals surface area contributed by atoms with Crippen LogP contribution in [0, 0.1) is 0 Å². The quantitative estimate of drug-likeness (QED) is 0.530. The summed E-state index contributed by atoms with van der Waals surface area (Å²) < 4.78 is 10.7. The summed E-state index contributed by atoms with van der Waals surface area (Å²) in [4.78, 5) is 35.1. The zero-order valence-corrected chi connectivity index (χ0v) is 14.2. The third kappa shape index (κ3) is 4.59. The highest BCUT2D eigenvalue weighted by Gasteiger charge is 2.15. The lowest BCUT2D eigenvalue weighted by molar-refractivity contribution is -0.139. The first-order chi connectivity index (χ1) is 11.5. The molecule has 0 saturated heterocycles. The summed E-state index contributed by atoms with van der Waals surface area (Å²) in [5.41, 5.74) is 4.46. The predicted molar refractivity (Wildman–Crippen MR) is 86.9 cm³/mol. The number of hydrogen-bond donors (Lipinski definition) is 3. The number of methoxy groups -OCH3 is 1. The van der Waals surface area contributed by atoms with E-state index in [0.717, 1.165) is 0 Å². The van der Waals surface area contributed by atoms with Crippen LogP contribution in [0.2, 0.25) is 0 Å². The number of hydrogen-bond acceptors (Lipinski definition) is 5. The molecule has 9 heteroatoms. The van der Waals surface area contributed by atoms with Crippen LogP contribution in [0.1, 0.15) is 16.1 Å². The van der Waals surface area contributed by atoms with Crippen LogP contribution in [0.25, 0.3) is 0 Å². The molecule has 2 aromatic rings. The largest absolute Gasteiger partial charge is 0.496 e. The lowest BCUT2D eigenvalue weighted by atomic mass is 10.2. The SMILES string of the molecule is COc1ccc(C(=O)NNC(=O)C(=O)NCc2ccco2)cc1Br. The molecule has 0 unspecified atom stereocenters. The number of halogens is 1. The van der Waals surface area contributed by atoms with Gasteiger partial charge in [-0.2, -0.15) is 0 Å². The van der Waals surface area contributed by atoms with Gasteiger partial charge in [-0.3, -0.25) is 25.2 Å². The van der Waals surface area contributed by atoms with Gasteiger partial charge in [-0.15, -0.1) is 0 Å². The highest BCUT2D eigenvalue weighted by Crippen LogP contribution is 2.25. The average molecular weight is 396 g/mol. The van der Waals surface area contributed by atoms with Crippen molar-refractivity contribution in [3.05, 3.63) is 52.4 Å². The zero-order chi connectivity index (χ0) is 17.5.